The van der Waals surface area contributed by atoms with E-state index < -0.39 is 12.2 Å². The summed E-state index contributed by atoms with van der Waals surface area (Å²) in [5, 5.41) is 21.4. The van der Waals surface area contributed by atoms with E-state index in [1.807, 2.05) is 0 Å². The summed E-state index contributed by atoms with van der Waals surface area (Å²) in [6.45, 7) is 0.983. The van der Waals surface area contributed by atoms with Gasteiger partial charge in [-0.05, 0) is 41.1 Å². The molecule has 6 heteroatoms. The molecule has 0 aromatic heterocycles. The lowest BCUT2D eigenvalue weighted by molar-refractivity contribution is 0.00319. The van der Waals surface area contributed by atoms with Gasteiger partial charge in [-0.25, -0.2) is 0 Å². The van der Waals surface area contributed by atoms with Crippen molar-refractivity contribution in [1.29, 1.82) is 0 Å². The van der Waals surface area contributed by atoms with Crippen molar-refractivity contribution in [2.45, 2.75) is 12.5 Å². The van der Waals surface area contributed by atoms with Crippen molar-refractivity contribution in [2.24, 2.45) is 0 Å². The highest BCUT2D eigenvalue weighted by atomic mass is 79.9. The molecular weight excluding hydrogens is 309 g/mol. The number of carbonyl (C=O) groups is 1. The van der Waals surface area contributed by atoms with Crippen LogP contribution in [0.4, 0.5) is 0 Å². The Labute approximate surface area is 113 Å². The molecule has 0 heterocycles. The van der Waals surface area contributed by atoms with Crippen molar-refractivity contribution in [3.63, 3.8) is 0 Å². The third kappa shape index (κ3) is 4.27. The van der Waals surface area contributed by atoms with E-state index in [9.17, 15) is 9.90 Å². The van der Waals surface area contributed by atoms with Crippen molar-refractivity contribution in [2.75, 3.05) is 13.2 Å². The van der Waals surface area contributed by atoms with E-state index in [2.05, 4.69) is 21.2 Å². The number of carbonyl (C=O) groups excluding carboxylic acids is 1. The van der Waals surface area contributed by atoms with Crippen molar-refractivity contribution in [3.8, 4) is 0 Å². The Morgan fingerprint density at radius 2 is 2.24 bits per heavy atom. The van der Waals surface area contributed by atoms with Gasteiger partial charge in [-0.2, -0.15) is 0 Å². The SMILES string of the molecule is CC(O)(CO)CNC(=O)c1ccc(Cl)cc1Br. The lowest BCUT2D eigenvalue weighted by atomic mass is 10.1. The average molecular weight is 323 g/mol. The molecule has 0 saturated carbocycles. The number of aliphatic hydroxyl groups is 2. The maximum Gasteiger partial charge on any atom is 0.252 e. The van der Waals surface area contributed by atoms with Crippen LogP contribution in [0.15, 0.2) is 22.7 Å². The third-order valence-electron chi connectivity index (χ3n) is 2.15. The Hall–Kier alpha value is -0.620. The molecule has 0 radical (unpaired) electrons. The fourth-order valence-electron chi connectivity index (χ4n) is 1.10. The molecule has 0 aliphatic carbocycles. The van der Waals surface area contributed by atoms with Gasteiger partial charge in [0.2, 0.25) is 0 Å². The Morgan fingerprint density at radius 1 is 1.59 bits per heavy atom. The third-order valence-corrected chi connectivity index (χ3v) is 3.04. The second kappa shape index (κ2) is 5.82. The number of benzene rings is 1. The molecule has 0 spiro atoms. The molecule has 0 saturated heterocycles. The lowest BCUT2D eigenvalue weighted by Gasteiger charge is -2.20. The van der Waals surface area contributed by atoms with Gasteiger partial charge in [0.25, 0.3) is 5.91 Å². The molecule has 0 bridgehead atoms. The van der Waals surface area contributed by atoms with E-state index in [0.29, 0.717) is 15.1 Å². The van der Waals surface area contributed by atoms with Crippen LogP contribution >= 0.6 is 27.5 Å². The zero-order valence-electron chi connectivity index (χ0n) is 9.20. The molecule has 3 N–H and O–H groups in total. The summed E-state index contributed by atoms with van der Waals surface area (Å²) in [5.41, 5.74) is -0.905. The first-order valence-corrected chi connectivity index (χ1v) is 6.09. The molecule has 1 aromatic carbocycles. The maximum absolute atomic E-state index is 11.8. The summed E-state index contributed by atoms with van der Waals surface area (Å²) in [5.74, 6) is -0.345. The summed E-state index contributed by atoms with van der Waals surface area (Å²) in [4.78, 5) is 11.8. The fraction of sp³-hybridized carbons (Fsp3) is 0.364. The molecule has 0 fully saturated rings. The van der Waals surface area contributed by atoms with Gasteiger partial charge >= 0.3 is 0 Å². The molecular formula is C11H13BrClNO3. The molecule has 4 nitrogen and oxygen atoms in total. The molecule has 1 unspecified atom stereocenters. The van der Waals surface area contributed by atoms with Gasteiger partial charge in [-0.3, -0.25) is 4.79 Å². The molecule has 0 aliphatic rings. The monoisotopic (exact) mass is 321 g/mol. The summed E-state index contributed by atoms with van der Waals surface area (Å²) in [6, 6.07) is 4.79. The quantitative estimate of drug-likeness (QED) is 0.788. The second-order valence-corrected chi connectivity index (χ2v) is 5.25. The van der Waals surface area contributed by atoms with Crippen molar-refractivity contribution in [1.82, 2.24) is 5.32 Å². The predicted octanol–water partition coefficient (Wildman–Crippen LogP) is 1.58. The largest absolute Gasteiger partial charge is 0.393 e. The van der Waals surface area contributed by atoms with Gasteiger partial charge in [-0.1, -0.05) is 11.6 Å². The minimum Gasteiger partial charge on any atom is -0.393 e. The van der Waals surface area contributed by atoms with E-state index in [-0.39, 0.29) is 12.5 Å². The molecule has 1 atom stereocenters. The number of halogens is 2. The molecule has 1 rings (SSSR count). The normalized spacial score (nSPS) is 14.2. The number of rotatable bonds is 4. The van der Waals surface area contributed by atoms with Crippen LogP contribution in [0.1, 0.15) is 17.3 Å². The number of aliphatic hydroxyl groups excluding tert-OH is 1. The van der Waals surface area contributed by atoms with Crippen molar-refractivity contribution in [3.05, 3.63) is 33.3 Å². The number of hydrogen-bond donors (Lipinski definition) is 3. The summed E-state index contributed by atoms with van der Waals surface area (Å²) < 4.78 is 0.575. The first-order valence-electron chi connectivity index (χ1n) is 4.92. The Morgan fingerprint density at radius 3 is 2.76 bits per heavy atom. The van der Waals surface area contributed by atoms with Gasteiger partial charge in [0.1, 0.15) is 5.60 Å². The van der Waals surface area contributed by atoms with E-state index in [0.717, 1.165) is 0 Å². The average Bonchev–Trinajstić information content (AvgIpc) is 2.26. The zero-order chi connectivity index (χ0) is 13.1. The summed E-state index contributed by atoms with van der Waals surface area (Å²) in [6.07, 6.45) is 0. The van der Waals surface area contributed by atoms with Crippen molar-refractivity contribution >= 4 is 33.4 Å². The maximum atomic E-state index is 11.8. The molecule has 17 heavy (non-hydrogen) atoms. The van der Waals surface area contributed by atoms with Gasteiger partial charge in [0.05, 0.1) is 12.2 Å². The lowest BCUT2D eigenvalue weighted by Crippen LogP contribution is -2.43. The first-order chi connectivity index (χ1) is 7.85. The number of hydrogen-bond acceptors (Lipinski definition) is 3. The zero-order valence-corrected chi connectivity index (χ0v) is 11.5. The summed E-state index contributed by atoms with van der Waals surface area (Å²) in [7, 11) is 0. The molecule has 94 valence electrons. The highest BCUT2D eigenvalue weighted by Gasteiger charge is 2.20. The van der Waals surface area contributed by atoms with Crippen LogP contribution in [-0.2, 0) is 0 Å². The second-order valence-electron chi connectivity index (χ2n) is 3.96. The smallest absolute Gasteiger partial charge is 0.252 e. The van der Waals surface area contributed by atoms with Gasteiger partial charge in [0.15, 0.2) is 0 Å². The van der Waals surface area contributed by atoms with Crippen LogP contribution in [-0.4, -0.2) is 34.9 Å². The van der Waals surface area contributed by atoms with Crippen LogP contribution < -0.4 is 5.32 Å². The topological polar surface area (TPSA) is 69.6 Å². The Bertz CT molecular complexity index is 423. The standard InChI is InChI=1S/C11H13BrClNO3/c1-11(17,6-15)5-14-10(16)8-3-2-7(13)4-9(8)12/h2-4,15,17H,5-6H2,1H3,(H,14,16). The Kier molecular flexibility index (Phi) is 4.94. The number of amides is 1. The van der Waals surface area contributed by atoms with Crippen LogP contribution in [0.25, 0.3) is 0 Å². The number of nitrogens with one attached hydrogen (secondary N) is 1. The van der Waals surface area contributed by atoms with Crippen molar-refractivity contribution < 1.29 is 15.0 Å². The minimum absolute atomic E-state index is 0.0304. The van der Waals surface area contributed by atoms with Crippen LogP contribution in [0.5, 0.6) is 0 Å². The minimum atomic E-state index is -1.32. The van der Waals surface area contributed by atoms with Gasteiger partial charge in [-0.15, -0.1) is 0 Å². The van der Waals surface area contributed by atoms with Gasteiger partial charge in [0, 0.05) is 16.0 Å². The molecule has 1 amide bonds. The van der Waals surface area contributed by atoms with Crippen LogP contribution in [0, 0.1) is 0 Å². The molecule has 0 aliphatic heterocycles. The summed E-state index contributed by atoms with van der Waals surface area (Å²) >= 11 is 8.99. The van der Waals surface area contributed by atoms with Crippen LogP contribution in [0.3, 0.4) is 0 Å². The van der Waals surface area contributed by atoms with E-state index in [1.165, 1.54) is 6.92 Å². The van der Waals surface area contributed by atoms with E-state index >= 15 is 0 Å². The Balaban J connectivity index is 2.71. The van der Waals surface area contributed by atoms with Gasteiger partial charge < -0.3 is 15.5 Å². The highest BCUT2D eigenvalue weighted by molar-refractivity contribution is 9.10. The highest BCUT2D eigenvalue weighted by Crippen LogP contribution is 2.21. The van der Waals surface area contributed by atoms with E-state index in [4.69, 9.17) is 16.7 Å². The fourth-order valence-corrected chi connectivity index (χ4v) is 1.96. The van der Waals surface area contributed by atoms with Crippen LogP contribution in [0.2, 0.25) is 5.02 Å². The first kappa shape index (κ1) is 14.4. The molecule has 1 aromatic rings. The van der Waals surface area contributed by atoms with E-state index in [1.54, 1.807) is 18.2 Å². The predicted molar refractivity (Wildman–Crippen MR) is 69.2 cm³/mol.